The van der Waals surface area contributed by atoms with Gasteiger partial charge in [0, 0.05) is 30.1 Å². The second kappa shape index (κ2) is 7.46. The van der Waals surface area contributed by atoms with E-state index in [4.69, 9.17) is 22.1 Å². The van der Waals surface area contributed by atoms with Gasteiger partial charge in [0.1, 0.15) is 0 Å². The van der Waals surface area contributed by atoms with Crippen molar-refractivity contribution in [3.05, 3.63) is 64.6 Å². The Hall–Kier alpha value is -2.04. The van der Waals surface area contributed by atoms with Crippen molar-refractivity contribution < 1.29 is 9.13 Å². The fourth-order valence-electron chi connectivity index (χ4n) is 3.07. The molecule has 0 spiro atoms. The molecule has 3 nitrogen and oxygen atoms in total. The van der Waals surface area contributed by atoms with Crippen LogP contribution in [0.2, 0.25) is 5.02 Å². The summed E-state index contributed by atoms with van der Waals surface area (Å²) in [6, 6.07) is 10.8. The van der Waals surface area contributed by atoms with Crippen LogP contribution in [-0.2, 0) is 13.5 Å². The molecule has 0 aliphatic rings. The van der Waals surface area contributed by atoms with E-state index in [1.54, 1.807) is 6.07 Å². The van der Waals surface area contributed by atoms with Gasteiger partial charge in [-0.1, -0.05) is 36.7 Å². The molecule has 1 atom stereocenters. The normalized spacial score (nSPS) is 12.5. The Balaban J connectivity index is 1.92. The molecule has 3 rings (SSSR count). The van der Waals surface area contributed by atoms with Crippen LogP contribution in [0.3, 0.4) is 0 Å². The number of nitrogens with two attached hydrogens (primary N) is 1. The summed E-state index contributed by atoms with van der Waals surface area (Å²) in [6.45, 7) is 2.88. The summed E-state index contributed by atoms with van der Waals surface area (Å²) in [6.07, 6.45) is 2.62. The molecule has 0 aliphatic carbocycles. The number of rotatable bonds is 6. The highest BCUT2D eigenvalue weighted by atomic mass is 35.5. The largest absolute Gasteiger partial charge is 0.489 e. The summed E-state index contributed by atoms with van der Waals surface area (Å²) in [5.74, 6) is 0.0557. The fraction of sp³-hybridized carbons (Fsp3) is 0.300. The molecule has 0 radical (unpaired) electrons. The molecule has 1 unspecified atom stereocenters. The number of ether oxygens (including phenoxy) is 1. The summed E-state index contributed by atoms with van der Waals surface area (Å²) < 4.78 is 22.3. The molecule has 3 aromatic rings. The average Bonchev–Trinajstić information content (AvgIpc) is 2.94. The number of nitrogens with zero attached hydrogens (tertiary/aromatic N) is 1. The first-order valence-corrected chi connectivity index (χ1v) is 8.74. The van der Waals surface area contributed by atoms with Crippen LogP contribution in [0.4, 0.5) is 4.39 Å². The van der Waals surface area contributed by atoms with Gasteiger partial charge < -0.3 is 15.0 Å². The lowest BCUT2D eigenvalue weighted by Crippen LogP contribution is -2.09. The standard InChI is InChI=1S/C20H22ClFN2O/c1-13(11-23)15-12-24(2)18-8-7-17(22)20(19(15)18)25-10-9-14-5-3-4-6-16(14)21/h3-8,12-13H,9-11,23H2,1-2H3. The summed E-state index contributed by atoms with van der Waals surface area (Å²) >= 11 is 6.17. The number of hydrogen-bond acceptors (Lipinski definition) is 2. The van der Waals surface area contributed by atoms with Crippen LogP contribution in [0.25, 0.3) is 10.9 Å². The van der Waals surface area contributed by atoms with E-state index >= 15 is 0 Å². The Bertz CT molecular complexity index is 891. The van der Waals surface area contributed by atoms with E-state index in [2.05, 4.69) is 0 Å². The number of hydrogen-bond donors (Lipinski definition) is 1. The molecule has 0 aliphatic heterocycles. The van der Waals surface area contributed by atoms with Crippen molar-refractivity contribution in [1.29, 1.82) is 0 Å². The van der Waals surface area contributed by atoms with E-state index in [9.17, 15) is 4.39 Å². The lowest BCUT2D eigenvalue weighted by atomic mass is 10.00. The molecule has 132 valence electrons. The molecule has 0 saturated heterocycles. The summed E-state index contributed by atoms with van der Waals surface area (Å²) in [4.78, 5) is 0. The van der Waals surface area contributed by atoms with E-state index in [0.29, 0.717) is 30.3 Å². The highest BCUT2D eigenvalue weighted by Gasteiger charge is 2.19. The molecular weight excluding hydrogens is 339 g/mol. The molecule has 0 fully saturated rings. The molecule has 5 heteroatoms. The van der Waals surface area contributed by atoms with Gasteiger partial charge in [0.2, 0.25) is 0 Å². The molecule has 0 amide bonds. The van der Waals surface area contributed by atoms with Crippen molar-refractivity contribution in [3.8, 4) is 5.75 Å². The van der Waals surface area contributed by atoms with Crippen LogP contribution >= 0.6 is 11.6 Å². The van der Waals surface area contributed by atoms with Crippen LogP contribution in [0.1, 0.15) is 24.0 Å². The molecule has 0 bridgehead atoms. The quantitative estimate of drug-likeness (QED) is 0.694. The van der Waals surface area contributed by atoms with Gasteiger partial charge in [0.15, 0.2) is 11.6 Å². The van der Waals surface area contributed by atoms with Crippen LogP contribution in [-0.4, -0.2) is 17.7 Å². The predicted octanol–water partition coefficient (Wildman–Crippen LogP) is 4.65. The van der Waals surface area contributed by atoms with Crippen molar-refractivity contribution in [2.45, 2.75) is 19.3 Å². The maximum Gasteiger partial charge on any atom is 0.165 e. The van der Waals surface area contributed by atoms with Crippen LogP contribution in [0.5, 0.6) is 5.75 Å². The van der Waals surface area contributed by atoms with Crippen molar-refractivity contribution in [2.75, 3.05) is 13.2 Å². The highest BCUT2D eigenvalue weighted by Crippen LogP contribution is 2.36. The third-order valence-corrected chi connectivity index (χ3v) is 4.92. The minimum Gasteiger partial charge on any atom is -0.489 e. The Kier molecular flexibility index (Phi) is 5.30. The first-order valence-electron chi connectivity index (χ1n) is 8.36. The molecular formula is C20H22ClFN2O. The van der Waals surface area contributed by atoms with E-state index < -0.39 is 0 Å². The van der Waals surface area contributed by atoms with Crippen molar-refractivity contribution in [1.82, 2.24) is 4.57 Å². The second-order valence-corrected chi connectivity index (χ2v) is 6.70. The minimum atomic E-state index is -0.358. The molecule has 2 N–H and O–H groups in total. The predicted molar refractivity (Wildman–Crippen MR) is 101 cm³/mol. The topological polar surface area (TPSA) is 40.2 Å². The number of fused-ring (bicyclic) bond motifs is 1. The Morgan fingerprint density at radius 2 is 2.00 bits per heavy atom. The zero-order valence-electron chi connectivity index (χ0n) is 14.4. The Morgan fingerprint density at radius 1 is 1.24 bits per heavy atom. The summed E-state index contributed by atoms with van der Waals surface area (Å²) in [5, 5.41) is 1.50. The van der Waals surface area contributed by atoms with Crippen LogP contribution in [0.15, 0.2) is 42.6 Å². The summed E-state index contributed by atoms with van der Waals surface area (Å²) in [7, 11) is 1.94. The third kappa shape index (κ3) is 3.51. The molecule has 0 saturated carbocycles. The van der Waals surface area contributed by atoms with Crippen LogP contribution in [0, 0.1) is 5.82 Å². The van der Waals surface area contributed by atoms with Gasteiger partial charge in [-0.3, -0.25) is 0 Å². The molecule has 25 heavy (non-hydrogen) atoms. The van der Waals surface area contributed by atoms with Gasteiger partial charge in [-0.25, -0.2) is 4.39 Å². The number of aromatic nitrogens is 1. The maximum absolute atomic E-state index is 14.5. The van der Waals surface area contributed by atoms with E-state index in [1.165, 1.54) is 6.07 Å². The summed E-state index contributed by atoms with van der Waals surface area (Å²) in [5.41, 5.74) is 8.75. The van der Waals surface area contributed by atoms with Gasteiger partial charge >= 0.3 is 0 Å². The second-order valence-electron chi connectivity index (χ2n) is 6.29. The van der Waals surface area contributed by atoms with E-state index in [0.717, 1.165) is 22.0 Å². The van der Waals surface area contributed by atoms with Crippen molar-refractivity contribution in [2.24, 2.45) is 12.8 Å². The number of halogens is 2. The van der Waals surface area contributed by atoms with E-state index in [1.807, 2.05) is 49.0 Å². The van der Waals surface area contributed by atoms with Gasteiger partial charge in [-0.2, -0.15) is 0 Å². The number of benzene rings is 2. The third-order valence-electron chi connectivity index (χ3n) is 4.55. The lowest BCUT2D eigenvalue weighted by molar-refractivity contribution is 0.309. The Labute approximate surface area is 152 Å². The lowest BCUT2D eigenvalue weighted by Gasteiger charge is -2.13. The van der Waals surface area contributed by atoms with Crippen molar-refractivity contribution >= 4 is 22.5 Å². The van der Waals surface area contributed by atoms with Gasteiger partial charge in [0.25, 0.3) is 0 Å². The fourth-order valence-corrected chi connectivity index (χ4v) is 3.30. The monoisotopic (exact) mass is 360 g/mol. The first kappa shape index (κ1) is 17.8. The maximum atomic E-state index is 14.5. The molecule has 1 heterocycles. The SMILES string of the molecule is CC(CN)c1cn(C)c2ccc(F)c(OCCc3ccccc3Cl)c12. The van der Waals surface area contributed by atoms with E-state index in [-0.39, 0.29) is 11.7 Å². The van der Waals surface area contributed by atoms with Gasteiger partial charge in [-0.15, -0.1) is 0 Å². The number of aryl methyl sites for hydroxylation is 1. The Morgan fingerprint density at radius 3 is 2.72 bits per heavy atom. The van der Waals surface area contributed by atoms with Crippen LogP contribution < -0.4 is 10.5 Å². The van der Waals surface area contributed by atoms with Gasteiger partial charge in [0.05, 0.1) is 12.1 Å². The average molecular weight is 361 g/mol. The minimum absolute atomic E-state index is 0.122. The zero-order chi connectivity index (χ0) is 18.0. The molecule has 1 aromatic heterocycles. The zero-order valence-corrected chi connectivity index (χ0v) is 15.2. The highest BCUT2D eigenvalue weighted by molar-refractivity contribution is 6.31. The molecule has 2 aromatic carbocycles. The van der Waals surface area contributed by atoms with Gasteiger partial charge in [-0.05, 0) is 41.8 Å². The van der Waals surface area contributed by atoms with Crippen molar-refractivity contribution in [3.63, 3.8) is 0 Å². The smallest absolute Gasteiger partial charge is 0.165 e. The first-order chi connectivity index (χ1) is 12.0.